The summed E-state index contributed by atoms with van der Waals surface area (Å²) in [5.74, 6) is -0.853. The maximum atomic E-state index is 15.3. The van der Waals surface area contributed by atoms with E-state index in [2.05, 4.69) is 23.0 Å². The van der Waals surface area contributed by atoms with Crippen LogP contribution in [-0.2, 0) is 28.9 Å². The molecule has 8 heteroatoms. The van der Waals surface area contributed by atoms with Crippen molar-refractivity contribution in [3.05, 3.63) is 107 Å². The molecule has 1 saturated carbocycles. The molecule has 0 aliphatic heterocycles. The maximum Gasteiger partial charge on any atom is 0.166 e. The van der Waals surface area contributed by atoms with Crippen molar-refractivity contribution in [2.45, 2.75) is 64.7 Å². The van der Waals surface area contributed by atoms with E-state index in [1.54, 1.807) is 30.5 Å². The normalized spacial score (nSPS) is 13.6. The lowest BCUT2D eigenvalue weighted by Gasteiger charge is -2.14. The molecule has 5 nitrogen and oxygen atoms in total. The third-order valence-corrected chi connectivity index (χ3v) is 9.61. The Bertz CT molecular complexity index is 1830. The number of ketones is 2. The number of halogens is 2. The molecule has 0 unspecified atom stereocenters. The molecule has 1 aliphatic carbocycles. The van der Waals surface area contributed by atoms with Crippen molar-refractivity contribution in [1.82, 2.24) is 9.97 Å². The lowest BCUT2D eigenvalue weighted by Crippen LogP contribution is -2.28. The van der Waals surface area contributed by atoms with Gasteiger partial charge in [0, 0.05) is 31.3 Å². The summed E-state index contributed by atoms with van der Waals surface area (Å²) < 4.78 is 35.3. The molecule has 0 radical (unpaired) electrons. The molecular weight excluding hydrogens is 590 g/mol. The van der Waals surface area contributed by atoms with Crippen molar-refractivity contribution in [2.24, 2.45) is 5.41 Å². The van der Waals surface area contributed by atoms with Gasteiger partial charge in [0.05, 0.1) is 26.2 Å². The fraction of sp³-hybridized carbons (Fsp3) is 0.297. The fourth-order valence-electron chi connectivity index (χ4n) is 5.60. The van der Waals surface area contributed by atoms with Crippen LogP contribution in [-0.4, -0.2) is 21.5 Å². The van der Waals surface area contributed by atoms with E-state index in [0.717, 1.165) is 33.6 Å². The van der Waals surface area contributed by atoms with Gasteiger partial charge >= 0.3 is 0 Å². The summed E-state index contributed by atoms with van der Waals surface area (Å²) in [4.78, 5) is 36.3. The van der Waals surface area contributed by atoms with E-state index < -0.39 is 11.2 Å². The second-order valence-corrected chi connectivity index (χ2v) is 12.8. The number of unbranched alkanes of at least 4 members (excludes halogenated alkanes) is 3. The molecule has 0 amide bonds. The van der Waals surface area contributed by atoms with E-state index in [-0.39, 0.29) is 36.0 Å². The second kappa shape index (κ2) is 13.4. The molecule has 0 N–H and O–H groups in total. The minimum Gasteiger partial charge on any atom is -0.453 e. The number of thiophene rings is 1. The number of aromatic nitrogens is 2. The van der Waals surface area contributed by atoms with Gasteiger partial charge in [-0.2, -0.15) is 0 Å². The average molecular weight is 625 g/mol. The molecule has 1 aliphatic rings. The summed E-state index contributed by atoms with van der Waals surface area (Å²) in [5, 5.41) is 0. The predicted octanol–water partition coefficient (Wildman–Crippen LogP) is 9.26. The highest BCUT2D eigenvalue weighted by Gasteiger charge is 2.54. The summed E-state index contributed by atoms with van der Waals surface area (Å²) >= 11 is 1.49. The van der Waals surface area contributed by atoms with Gasteiger partial charge in [0.15, 0.2) is 23.1 Å². The predicted molar refractivity (Wildman–Crippen MR) is 173 cm³/mol. The Morgan fingerprint density at radius 2 is 1.56 bits per heavy atom. The van der Waals surface area contributed by atoms with Gasteiger partial charge in [0.25, 0.3) is 0 Å². The third-order valence-electron chi connectivity index (χ3n) is 8.45. The standard InChI is InChI=1S/C37H34F2N2O3S/c1-2-3-4-5-6-25-9-13-29(41-23-25)33-22-30-36(45-33)32(15-18-40-30)44-31-14-10-26(19-28(31)39)21-35(43)37(16-17-37)34(42)20-24-7-11-27(38)12-8-24/h7-15,18-19,22-23H,2-6,16-17,20-21H2,1H3. The van der Waals surface area contributed by atoms with Gasteiger partial charge < -0.3 is 4.74 Å². The SMILES string of the molecule is CCCCCCc1ccc(-c2cc3nccc(Oc4ccc(CC(=O)C5(C(=O)Cc6ccc(F)cc6)CC5)cc4F)c3s2)nc1. The minimum atomic E-state index is -1.04. The van der Waals surface area contributed by atoms with Gasteiger partial charge in [-0.3, -0.25) is 19.6 Å². The first-order valence-electron chi connectivity index (χ1n) is 15.5. The lowest BCUT2D eigenvalue weighted by molar-refractivity contribution is -0.133. The van der Waals surface area contributed by atoms with Crippen LogP contribution in [0.2, 0.25) is 0 Å². The van der Waals surface area contributed by atoms with Crippen LogP contribution in [0.15, 0.2) is 79.1 Å². The number of benzene rings is 2. The summed E-state index contributed by atoms with van der Waals surface area (Å²) in [5.41, 5.74) is 2.92. The number of fused-ring (bicyclic) bond motifs is 1. The lowest BCUT2D eigenvalue weighted by atomic mass is 9.88. The Labute approximate surface area is 265 Å². The van der Waals surface area contributed by atoms with Gasteiger partial charge in [-0.05, 0) is 78.8 Å². The van der Waals surface area contributed by atoms with Gasteiger partial charge in [-0.15, -0.1) is 11.3 Å². The number of carbonyl (C=O) groups excluding carboxylic acids is 2. The van der Waals surface area contributed by atoms with Crippen LogP contribution in [0.3, 0.4) is 0 Å². The monoisotopic (exact) mass is 624 g/mol. The zero-order chi connectivity index (χ0) is 31.4. The molecule has 6 rings (SSSR count). The first kappa shape index (κ1) is 30.7. The smallest absolute Gasteiger partial charge is 0.166 e. The van der Waals surface area contributed by atoms with Crippen LogP contribution in [0.5, 0.6) is 11.5 Å². The minimum absolute atomic E-state index is 0.0349. The first-order valence-corrected chi connectivity index (χ1v) is 16.3. The molecule has 3 heterocycles. The summed E-state index contributed by atoms with van der Waals surface area (Å²) in [6, 6.07) is 18.0. The van der Waals surface area contributed by atoms with Gasteiger partial charge in [0.2, 0.25) is 0 Å². The Balaban J connectivity index is 1.12. The van der Waals surface area contributed by atoms with Crippen LogP contribution in [0.25, 0.3) is 20.8 Å². The van der Waals surface area contributed by atoms with E-state index >= 15 is 4.39 Å². The van der Waals surface area contributed by atoms with Crippen LogP contribution < -0.4 is 4.74 Å². The number of nitrogens with zero attached hydrogens (tertiary/aromatic N) is 2. The highest BCUT2D eigenvalue weighted by atomic mass is 32.1. The second-order valence-electron chi connectivity index (χ2n) is 11.8. The topological polar surface area (TPSA) is 69.2 Å². The number of hydrogen-bond acceptors (Lipinski definition) is 6. The number of carbonyl (C=O) groups is 2. The molecule has 45 heavy (non-hydrogen) atoms. The highest BCUT2D eigenvalue weighted by molar-refractivity contribution is 7.22. The van der Waals surface area contributed by atoms with Crippen molar-refractivity contribution in [2.75, 3.05) is 0 Å². The number of aryl methyl sites for hydroxylation is 1. The number of pyridine rings is 2. The van der Waals surface area contributed by atoms with E-state index in [0.29, 0.717) is 29.7 Å². The van der Waals surface area contributed by atoms with Crippen molar-refractivity contribution in [3.8, 4) is 22.1 Å². The molecular formula is C37H34F2N2O3S. The Morgan fingerprint density at radius 3 is 2.24 bits per heavy atom. The quantitative estimate of drug-likeness (QED) is 0.0910. The Hall–Kier alpha value is -4.30. The molecule has 0 saturated heterocycles. The summed E-state index contributed by atoms with van der Waals surface area (Å²) in [7, 11) is 0. The largest absolute Gasteiger partial charge is 0.453 e. The van der Waals surface area contributed by atoms with E-state index in [1.807, 2.05) is 18.3 Å². The van der Waals surface area contributed by atoms with Crippen molar-refractivity contribution < 1.29 is 23.1 Å². The average Bonchev–Trinajstić information content (AvgIpc) is 3.75. The number of Topliss-reactive ketones (excluding diaryl/α,β-unsaturated/α-hetero) is 2. The molecule has 1 fully saturated rings. The summed E-state index contributed by atoms with van der Waals surface area (Å²) in [6.45, 7) is 2.21. The van der Waals surface area contributed by atoms with Crippen LogP contribution in [0.4, 0.5) is 8.78 Å². The van der Waals surface area contributed by atoms with Crippen LogP contribution >= 0.6 is 11.3 Å². The van der Waals surface area contributed by atoms with Gasteiger partial charge in [-0.1, -0.05) is 50.5 Å². The Kier molecular flexibility index (Phi) is 9.12. The molecule has 2 aromatic carbocycles. The molecule has 0 spiro atoms. The number of ether oxygens (including phenoxy) is 1. The van der Waals surface area contributed by atoms with Gasteiger partial charge in [-0.25, -0.2) is 8.78 Å². The maximum absolute atomic E-state index is 15.3. The molecule has 5 aromatic rings. The molecule has 230 valence electrons. The van der Waals surface area contributed by atoms with E-state index in [9.17, 15) is 14.0 Å². The highest BCUT2D eigenvalue weighted by Crippen LogP contribution is 2.49. The van der Waals surface area contributed by atoms with Crippen molar-refractivity contribution in [3.63, 3.8) is 0 Å². The zero-order valence-electron chi connectivity index (χ0n) is 25.2. The number of rotatable bonds is 14. The molecule has 0 atom stereocenters. The van der Waals surface area contributed by atoms with Gasteiger partial charge in [0.1, 0.15) is 11.6 Å². The zero-order valence-corrected chi connectivity index (χ0v) is 26.0. The van der Waals surface area contributed by atoms with E-state index in [1.165, 1.54) is 60.4 Å². The summed E-state index contributed by atoms with van der Waals surface area (Å²) in [6.07, 6.45) is 10.4. The van der Waals surface area contributed by atoms with E-state index in [4.69, 9.17) is 4.74 Å². The van der Waals surface area contributed by atoms with Crippen molar-refractivity contribution >= 4 is 33.1 Å². The van der Waals surface area contributed by atoms with Crippen LogP contribution in [0.1, 0.15) is 62.1 Å². The fourth-order valence-corrected chi connectivity index (χ4v) is 6.64. The molecule has 0 bridgehead atoms. The first-order chi connectivity index (χ1) is 21.8. The molecule has 3 aromatic heterocycles. The van der Waals surface area contributed by atoms with Crippen LogP contribution in [0, 0.1) is 17.0 Å². The third kappa shape index (κ3) is 7.01. The Morgan fingerprint density at radius 1 is 0.822 bits per heavy atom. The van der Waals surface area contributed by atoms with Crippen molar-refractivity contribution in [1.29, 1.82) is 0 Å². The number of hydrogen-bond donors (Lipinski definition) is 0.